The van der Waals surface area contributed by atoms with E-state index in [1.54, 1.807) is 24.3 Å². The maximum atomic E-state index is 11.0. The monoisotopic (exact) mass is 372 g/mol. The van der Waals surface area contributed by atoms with Crippen LogP contribution < -0.4 is 14.8 Å². The van der Waals surface area contributed by atoms with E-state index >= 15 is 0 Å². The van der Waals surface area contributed by atoms with E-state index in [2.05, 4.69) is 5.32 Å². The standard InChI is InChI=1S/C21H28N2O4/c1-16-5-4-6-21(13-16)26-12-11-23(3)14-19(25)15-27-20-9-7-18(8-10-20)22-17(2)24/h4-10,13,19,25H,11-12,14-15H2,1-3H3,(H,22,24). The summed E-state index contributed by atoms with van der Waals surface area (Å²) in [5.74, 6) is 1.39. The summed E-state index contributed by atoms with van der Waals surface area (Å²) in [6.07, 6.45) is -0.607. The lowest BCUT2D eigenvalue weighted by atomic mass is 10.2. The molecular formula is C21H28N2O4. The number of carbonyl (C=O) groups excluding carboxylic acids is 1. The first-order valence-corrected chi connectivity index (χ1v) is 8.99. The highest BCUT2D eigenvalue weighted by Gasteiger charge is 2.09. The van der Waals surface area contributed by atoms with E-state index in [0.717, 1.165) is 5.75 Å². The molecule has 0 saturated carbocycles. The molecular weight excluding hydrogens is 344 g/mol. The normalized spacial score (nSPS) is 11.9. The van der Waals surface area contributed by atoms with Crippen LogP contribution >= 0.6 is 0 Å². The second-order valence-corrected chi connectivity index (χ2v) is 6.60. The number of anilines is 1. The zero-order chi connectivity index (χ0) is 19.6. The minimum Gasteiger partial charge on any atom is -0.492 e. The molecule has 0 aliphatic carbocycles. The number of carbonyl (C=O) groups is 1. The number of aliphatic hydroxyl groups is 1. The molecule has 0 aliphatic heterocycles. The number of nitrogens with zero attached hydrogens (tertiary/aromatic N) is 1. The SMILES string of the molecule is CC(=O)Nc1ccc(OCC(O)CN(C)CCOc2cccc(C)c2)cc1. The van der Waals surface area contributed by atoms with Gasteiger partial charge >= 0.3 is 0 Å². The summed E-state index contributed by atoms with van der Waals surface area (Å²) in [6.45, 7) is 5.43. The van der Waals surface area contributed by atoms with E-state index in [1.807, 2.05) is 43.1 Å². The molecule has 146 valence electrons. The highest BCUT2D eigenvalue weighted by molar-refractivity contribution is 5.88. The zero-order valence-electron chi connectivity index (χ0n) is 16.1. The lowest BCUT2D eigenvalue weighted by Crippen LogP contribution is -2.35. The van der Waals surface area contributed by atoms with Crippen molar-refractivity contribution in [1.29, 1.82) is 0 Å². The Morgan fingerprint density at radius 2 is 1.89 bits per heavy atom. The molecule has 0 aromatic heterocycles. The zero-order valence-corrected chi connectivity index (χ0v) is 16.1. The third kappa shape index (κ3) is 8.11. The Bertz CT molecular complexity index is 718. The second kappa shape index (κ2) is 10.5. The topological polar surface area (TPSA) is 71.0 Å². The Morgan fingerprint density at radius 1 is 1.15 bits per heavy atom. The van der Waals surface area contributed by atoms with Gasteiger partial charge in [-0.3, -0.25) is 4.79 Å². The lowest BCUT2D eigenvalue weighted by molar-refractivity contribution is -0.114. The van der Waals surface area contributed by atoms with Gasteiger partial charge in [0.1, 0.15) is 30.8 Å². The first-order chi connectivity index (χ1) is 12.9. The number of hydrogen-bond donors (Lipinski definition) is 2. The summed E-state index contributed by atoms with van der Waals surface area (Å²) < 4.78 is 11.3. The number of amides is 1. The van der Waals surface area contributed by atoms with Gasteiger partial charge in [-0.15, -0.1) is 0 Å². The molecule has 1 amide bonds. The molecule has 0 fully saturated rings. The minimum absolute atomic E-state index is 0.117. The van der Waals surface area contributed by atoms with Crippen molar-refractivity contribution in [2.75, 3.05) is 38.7 Å². The Labute approximate surface area is 160 Å². The summed E-state index contributed by atoms with van der Waals surface area (Å²) in [4.78, 5) is 13.0. The molecule has 6 nitrogen and oxygen atoms in total. The number of aryl methyl sites for hydroxylation is 1. The van der Waals surface area contributed by atoms with Crippen LogP contribution in [0.3, 0.4) is 0 Å². The summed E-state index contributed by atoms with van der Waals surface area (Å²) in [5, 5.41) is 12.8. The van der Waals surface area contributed by atoms with Gasteiger partial charge in [0.15, 0.2) is 0 Å². The van der Waals surface area contributed by atoms with Crippen molar-refractivity contribution in [3.05, 3.63) is 54.1 Å². The maximum absolute atomic E-state index is 11.0. The molecule has 0 heterocycles. The van der Waals surface area contributed by atoms with Crippen LogP contribution in [0.2, 0.25) is 0 Å². The quantitative estimate of drug-likeness (QED) is 0.671. The number of likely N-dealkylation sites (N-methyl/N-ethyl adjacent to an activating group) is 1. The molecule has 0 aliphatic rings. The summed E-state index contributed by atoms with van der Waals surface area (Å²) in [7, 11) is 1.94. The second-order valence-electron chi connectivity index (χ2n) is 6.60. The molecule has 2 N–H and O–H groups in total. The van der Waals surface area contributed by atoms with Crippen LogP contribution in [0.25, 0.3) is 0 Å². The van der Waals surface area contributed by atoms with Crippen molar-refractivity contribution in [2.24, 2.45) is 0 Å². The van der Waals surface area contributed by atoms with Crippen LogP contribution in [0, 0.1) is 6.92 Å². The van der Waals surface area contributed by atoms with Gasteiger partial charge in [0.05, 0.1) is 0 Å². The van der Waals surface area contributed by atoms with Crippen molar-refractivity contribution in [3.8, 4) is 11.5 Å². The van der Waals surface area contributed by atoms with Crippen LogP contribution in [0.1, 0.15) is 12.5 Å². The predicted molar refractivity (Wildman–Crippen MR) is 106 cm³/mol. The fourth-order valence-electron chi connectivity index (χ4n) is 2.56. The molecule has 6 heteroatoms. The largest absolute Gasteiger partial charge is 0.492 e. The van der Waals surface area contributed by atoms with Gasteiger partial charge in [0.2, 0.25) is 5.91 Å². The first kappa shape index (κ1) is 20.7. The Kier molecular flexibility index (Phi) is 8.10. The number of rotatable bonds is 10. The third-order valence-corrected chi connectivity index (χ3v) is 3.87. The third-order valence-electron chi connectivity index (χ3n) is 3.87. The fourth-order valence-corrected chi connectivity index (χ4v) is 2.56. The van der Waals surface area contributed by atoms with Crippen molar-refractivity contribution >= 4 is 11.6 Å². The predicted octanol–water partition coefficient (Wildman–Crippen LogP) is 2.70. The molecule has 2 aromatic carbocycles. The fraction of sp³-hybridized carbons (Fsp3) is 0.381. The van der Waals surface area contributed by atoms with Crippen LogP contribution in [0.4, 0.5) is 5.69 Å². The van der Waals surface area contributed by atoms with Gasteiger partial charge in [0.25, 0.3) is 0 Å². The van der Waals surface area contributed by atoms with Crippen LogP contribution in [-0.4, -0.2) is 55.4 Å². The summed E-state index contributed by atoms with van der Waals surface area (Å²) in [5.41, 5.74) is 1.88. The van der Waals surface area contributed by atoms with E-state index in [-0.39, 0.29) is 12.5 Å². The molecule has 0 bridgehead atoms. The highest BCUT2D eigenvalue weighted by atomic mass is 16.5. The summed E-state index contributed by atoms with van der Waals surface area (Å²) in [6, 6.07) is 15.0. The number of aliphatic hydroxyl groups excluding tert-OH is 1. The molecule has 2 aromatic rings. The molecule has 1 unspecified atom stereocenters. The van der Waals surface area contributed by atoms with Crippen LogP contribution in [0.5, 0.6) is 11.5 Å². The van der Waals surface area contributed by atoms with Gasteiger partial charge in [-0.05, 0) is 55.9 Å². The number of ether oxygens (including phenoxy) is 2. The van der Waals surface area contributed by atoms with Crippen molar-refractivity contribution in [1.82, 2.24) is 4.90 Å². The Balaban J connectivity index is 1.65. The van der Waals surface area contributed by atoms with E-state index in [0.29, 0.717) is 31.1 Å². The van der Waals surface area contributed by atoms with Gasteiger partial charge < -0.3 is 24.8 Å². The van der Waals surface area contributed by atoms with Gasteiger partial charge in [-0.25, -0.2) is 0 Å². The van der Waals surface area contributed by atoms with Crippen molar-refractivity contribution in [3.63, 3.8) is 0 Å². The number of benzene rings is 2. The lowest BCUT2D eigenvalue weighted by Gasteiger charge is -2.21. The summed E-state index contributed by atoms with van der Waals surface area (Å²) >= 11 is 0. The smallest absolute Gasteiger partial charge is 0.221 e. The van der Waals surface area contributed by atoms with Crippen LogP contribution in [0.15, 0.2) is 48.5 Å². The van der Waals surface area contributed by atoms with E-state index in [9.17, 15) is 9.90 Å². The molecule has 0 saturated heterocycles. The van der Waals surface area contributed by atoms with Gasteiger partial charge in [-0.2, -0.15) is 0 Å². The number of nitrogens with one attached hydrogen (secondary N) is 1. The average molecular weight is 372 g/mol. The molecule has 2 rings (SSSR count). The molecule has 1 atom stereocenters. The average Bonchev–Trinajstić information content (AvgIpc) is 2.61. The maximum Gasteiger partial charge on any atom is 0.221 e. The molecule has 0 radical (unpaired) electrons. The van der Waals surface area contributed by atoms with Crippen molar-refractivity contribution < 1.29 is 19.4 Å². The number of hydrogen-bond acceptors (Lipinski definition) is 5. The van der Waals surface area contributed by atoms with Crippen molar-refractivity contribution in [2.45, 2.75) is 20.0 Å². The molecule has 27 heavy (non-hydrogen) atoms. The van der Waals surface area contributed by atoms with E-state index in [4.69, 9.17) is 9.47 Å². The first-order valence-electron chi connectivity index (χ1n) is 8.99. The molecule has 0 spiro atoms. The van der Waals surface area contributed by atoms with Crippen LogP contribution in [-0.2, 0) is 4.79 Å². The van der Waals surface area contributed by atoms with Gasteiger partial charge in [0, 0.05) is 25.7 Å². The highest BCUT2D eigenvalue weighted by Crippen LogP contribution is 2.16. The van der Waals surface area contributed by atoms with E-state index < -0.39 is 6.10 Å². The Hall–Kier alpha value is -2.57. The van der Waals surface area contributed by atoms with Gasteiger partial charge in [-0.1, -0.05) is 12.1 Å². The minimum atomic E-state index is -0.607. The Morgan fingerprint density at radius 3 is 2.56 bits per heavy atom. The van der Waals surface area contributed by atoms with E-state index in [1.165, 1.54) is 12.5 Å².